The summed E-state index contributed by atoms with van der Waals surface area (Å²) in [7, 11) is -1.71. The molecule has 0 radical (unpaired) electrons. The maximum Gasteiger partial charge on any atom is 0.261 e. The number of rotatable bonds is 3. The number of halogens is 1. The summed E-state index contributed by atoms with van der Waals surface area (Å²) < 4.78 is 28.0. The van der Waals surface area contributed by atoms with Gasteiger partial charge in [-0.1, -0.05) is 24.3 Å². The smallest absolute Gasteiger partial charge is 0.261 e. The first kappa shape index (κ1) is 14.9. The Morgan fingerprint density at radius 2 is 2.05 bits per heavy atom. The first-order valence-electron chi connectivity index (χ1n) is 6.74. The van der Waals surface area contributed by atoms with E-state index in [2.05, 4.69) is 26.2 Å². The van der Waals surface area contributed by atoms with Gasteiger partial charge in [-0.25, -0.2) is 13.4 Å². The van der Waals surface area contributed by atoms with Crippen LogP contribution in [-0.2, 0) is 10.0 Å². The van der Waals surface area contributed by atoms with Crippen LogP contribution in [-0.4, -0.2) is 43.9 Å². The Morgan fingerprint density at radius 3 is 2.71 bits per heavy atom. The van der Waals surface area contributed by atoms with Crippen molar-refractivity contribution in [2.24, 2.45) is 0 Å². The van der Waals surface area contributed by atoms with Gasteiger partial charge in [0, 0.05) is 40.6 Å². The molecule has 0 bridgehead atoms. The molecule has 2 heterocycles. The lowest BCUT2D eigenvalue weighted by Crippen LogP contribution is -2.34. The van der Waals surface area contributed by atoms with Crippen molar-refractivity contribution in [3.05, 3.63) is 34.9 Å². The SMILES string of the molecule is CN[C@@H]1CCN(S(=O)(=O)c2ncc(Br)c3ccccc23)C1. The minimum atomic E-state index is -3.56. The summed E-state index contributed by atoms with van der Waals surface area (Å²) >= 11 is 3.42. The fraction of sp³-hybridized carbons (Fsp3) is 0.357. The number of nitrogens with zero attached hydrogens (tertiary/aromatic N) is 2. The van der Waals surface area contributed by atoms with Crippen LogP contribution in [0, 0.1) is 0 Å². The van der Waals surface area contributed by atoms with Crippen LogP contribution in [0.5, 0.6) is 0 Å². The summed E-state index contributed by atoms with van der Waals surface area (Å²) in [4.78, 5) is 4.18. The first-order chi connectivity index (χ1) is 10.0. The van der Waals surface area contributed by atoms with Crippen molar-refractivity contribution >= 4 is 36.7 Å². The highest BCUT2D eigenvalue weighted by molar-refractivity contribution is 9.10. The zero-order chi connectivity index (χ0) is 15.0. The molecule has 1 N–H and O–H groups in total. The summed E-state index contributed by atoms with van der Waals surface area (Å²) in [5.74, 6) is 0. The molecule has 1 aliphatic heterocycles. The van der Waals surface area contributed by atoms with Crippen LogP contribution in [0.25, 0.3) is 10.8 Å². The molecule has 7 heteroatoms. The molecular formula is C14H16BrN3O2S. The van der Waals surface area contributed by atoms with E-state index < -0.39 is 10.0 Å². The van der Waals surface area contributed by atoms with Gasteiger partial charge in [-0.15, -0.1) is 0 Å². The molecule has 1 fully saturated rings. The molecule has 1 aromatic heterocycles. The Kier molecular flexibility index (Phi) is 4.00. The topological polar surface area (TPSA) is 62.3 Å². The van der Waals surface area contributed by atoms with Crippen LogP contribution in [0.4, 0.5) is 0 Å². The van der Waals surface area contributed by atoms with Crippen molar-refractivity contribution in [1.82, 2.24) is 14.6 Å². The van der Waals surface area contributed by atoms with Gasteiger partial charge in [0.05, 0.1) is 0 Å². The van der Waals surface area contributed by atoms with Gasteiger partial charge in [-0.05, 0) is 29.4 Å². The molecule has 0 unspecified atom stereocenters. The minimum Gasteiger partial charge on any atom is -0.316 e. The number of likely N-dealkylation sites (N-methyl/N-ethyl adjacent to an activating group) is 1. The van der Waals surface area contributed by atoms with Gasteiger partial charge >= 0.3 is 0 Å². The highest BCUT2D eigenvalue weighted by Gasteiger charge is 2.33. The van der Waals surface area contributed by atoms with Crippen molar-refractivity contribution in [3.8, 4) is 0 Å². The molecular weight excluding hydrogens is 354 g/mol. The summed E-state index contributed by atoms with van der Waals surface area (Å²) in [6, 6.07) is 7.61. The second kappa shape index (κ2) is 5.64. The zero-order valence-electron chi connectivity index (χ0n) is 11.6. The molecule has 21 heavy (non-hydrogen) atoms. The standard InChI is InChI=1S/C14H16BrN3O2S/c1-16-10-6-7-18(9-10)21(19,20)14-12-5-3-2-4-11(12)13(15)8-17-14/h2-5,8,10,16H,6-7,9H2,1H3/t10-/m1/s1. The van der Waals surface area contributed by atoms with Crippen LogP contribution in [0.1, 0.15) is 6.42 Å². The van der Waals surface area contributed by atoms with Gasteiger partial charge < -0.3 is 5.32 Å². The Morgan fingerprint density at radius 1 is 1.33 bits per heavy atom. The fourth-order valence-electron chi connectivity index (χ4n) is 2.64. The van der Waals surface area contributed by atoms with Gasteiger partial charge in [-0.2, -0.15) is 4.31 Å². The summed E-state index contributed by atoms with van der Waals surface area (Å²) in [6.07, 6.45) is 2.38. The molecule has 1 saturated heterocycles. The van der Waals surface area contributed by atoms with E-state index in [4.69, 9.17) is 0 Å². The summed E-state index contributed by atoms with van der Waals surface area (Å²) in [5.41, 5.74) is 0. The molecule has 1 aliphatic rings. The Bertz CT molecular complexity index is 779. The van der Waals surface area contributed by atoms with E-state index in [9.17, 15) is 8.42 Å². The van der Waals surface area contributed by atoms with Gasteiger partial charge in [0.25, 0.3) is 10.0 Å². The highest BCUT2D eigenvalue weighted by atomic mass is 79.9. The van der Waals surface area contributed by atoms with Crippen molar-refractivity contribution in [1.29, 1.82) is 0 Å². The number of hydrogen-bond acceptors (Lipinski definition) is 4. The van der Waals surface area contributed by atoms with Gasteiger partial charge in [0.2, 0.25) is 0 Å². The maximum atomic E-state index is 12.8. The van der Waals surface area contributed by atoms with E-state index in [0.717, 1.165) is 16.3 Å². The molecule has 0 aliphatic carbocycles. The summed E-state index contributed by atoms with van der Waals surface area (Å²) in [6.45, 7) is 1.02. The van der Waals surface area contributed by atoms with E-state index in [1.54, 1.807) is 12.3 Å². The Hall–Kier alpha value is -1.02. The highest BCUT2D eigenvalue weighted by Crippen LogP contribution is 2.30. The van der Waals surface area contributed by atoms with Crippen LogP contribution >= 0.6 is 15.9 Å². The van der Waals surface area contributed by atoms with Gasteiger partial charge in [0.1, 0.15) is 0 Å². The average molecular weight is 370 g/mol. The zero-order valence-corrected chi connectivity index (χ0v) is 14.0. The molecule has 0 saturated carbocycles. The number of nitrogens with one attached hydrogen (secondary N) is 1. The lowest BCUT2D eigenvalue weighted by molar-refractivity contribution is 0.463. The van der Waals surface area contributed by atoms with Gasteiger partial charge in [0.15, 0.2) is 5.03 Å². The largest absolute Gasteiger partial charge is 0.316 e. The fourth-order valence-corrected chi connectivity index (χ4v) is 4.70. The van der Waals surface area contributed by atoms with Crippen LogP contribution in [0.3, 0.4) is 0 Å². The minimum absolute atomic E-state index is 0.137. The summed E-state index contributed by atoms with van der Waals surface area (Å²) in [5, 5.41) is 4.78. The second-order valence-corrected chi connectivity index (χ2v) is 7.80. The van der Waals surface area contributed by atoms with E-state index in [-0.39, 0.29) is 11.1 Å². The van der Waals surface area contributed by atoms with Gasteiger partial charge in [-0.3, -0.25) is 0 Å². The van der Waals surface area contributed by atoms with Crippen molar-refractivity contribution in [2.75, 3.05) is 20.1 Å². The predicted molar refractivity (Wildman–Crippen MR) is 85.7 cm³/mol. The van der Waals surface area contributed by atoms with E-state index in [1.165, 1.54) is 4.31 Å². The van der Waals surface area contributed by atoms with Crippen LogP contribution in [0.2, 0.25) is 0 Å². The molecule has 2 aromatic rings. The third-order valence-corrected chi connectivity index (χ3v) is 6.31. The molecule has 112 valence electrons. The van der Waals surface area contributed by atoms with E-state index in [0.29, 0.717) is 18.5 Å². The normalized spacial score (nSPS) is 20.2. The number of pyridine rings is 1. The monoisotopic (exact) mass is 369 g/mol. The predicted octanol–water partition coefficient (Wildman–Crippen LogP) is 1.98. The molecule has 5 nitrogen and oxygen atoms in total. The van der Waals surface area contributed by atoms with E-state index in [1.807, 2.05) is 25.2 Å². The second-order valence-electron chi connectivity index (χ2n) is 5.09. The maximum absolute atomic E-state index is 12.8. The third kappa shape index (κ3) is 2.59. The lowest BCUT2D eigenvalue weighted by atomic mass is 10.2. The van der Waals surface area contributed by atoms with Crippen molar-refractivity contribution in [3.63, 3.8) is 0 Å². The Labute approximate surface area is 132 Å². The first-order valence-corrected chi connectivity index (χ1v) is 8.98. The lowest BCUT2D eigenvalue weighted by Gasteiger charge is -2.17. The molecule has 0 amide bonds. The number of sulfonamides is 1. The third-order valence-electron chi connectivity index (χ3n) is 3.85. The number of fused-ring (bicyclic) bond motifs is 1. The number of aromatic nitrogens is 1. The van der Waals surface area contributed by atoms with Crippen molar-refractivity contribution < 1.29 is 8.42 Å². The quantitative estimate of drug-likeness (QED) is 0.898. The molecule has 0 spiro atoms. The number of hydrogen-bond donors (Lipinski definition) is 1. The van der Waals surface area contributed by atoms with E-state index >= 15 is 0 Å². The van der Waals surface area contributed by atoms with Crippen LogP contribution < -0.4 is 5.32 Å². The molecule has 3 rings (SSSR count). The average Bonchev–Trinajstić information content (AvgIpc) is 2.97. The Balaban J connectivity index is 2.10. The number of benzene rings is 1. The van der Waals surface area contributed by atoms with Crippen molar-refractivity contribution in [2.45, 2.75) is 17.5 Å². The molecule has 1 atom stereocenters. The van der Waals surface area contributed by atoms with Crippen LogP contribution in [0.15, 0.2) is 40.0 Å². The molecule has 1 aromatic carbocycles.